The van der Waals surface area contributed by atoms with Crippen molar-refractivity contribution in [3.8, 4) is 28.8 Å². The molecule has 0 amide bonds. The second-order valence-electron chi connectivity index (χ2n) is 12.6. The molecule has 1 N–H and O–H groups in total. The van der Waals surface area contributed by atoms with Crippen molar-refractivity contribution in [2.75, 3.05) is 31.7 Å². The van der Waals surface area contributed by atoms with Gasteiger partial charge in [0.05, 0.1) is 43.3 Å². The van der Waals surface area contributed by atoms with E-state index in [0.29, 0.717) is 42.5 Å². The van der Waals surface area contributed by atoms with Crippen LogP contribution < -0.4 is 14.4 Å². The smallest absolute Gasteiger partial charge is 0.250 e. The fourth-order valence-corrected chi connectivity index (χ4v) is 7.77. The zero-order valence-corrected chi connectivity index (χ0v) is 23.9. The molecule has 4 aromatic heterocycles. The molecule has 4 aromatic rings. The summed E-state index contributed by atoms with van der Waals surface area (Å²) in [5.41, 5.74) is 3.85. The average molecular weight is 582 g/mol. The lowest BCUT2D eigenvalue weighted by Gasteiger charge is -2.56. The third-order valence-corrected chi connectivity index (χ3v) is 9.98. The summed E-state index contributed by atoms with van der Waals surface area (Å²) in [4.78, 5) is 13.6. The van der Waals surface area contributed by atoms with E-state index in [4.69, 9.17) is 14.5 Å². The van der Waals surface area contributed by atoms with Gasteiger partial charge in [-0.3, -0.25) is 4.90 Å². The van der Waals surface area contributed by atoms with E-state index in [1.54, 1.807) is 16.9 Å². The van der Waals surface area contributed by atoms with Gasteiger partial charge in [0, 0.05) is 60.7 Å². The van der Waals surface area contributed by atoms with Gasteiger partial charge in [0.2, 0.25) is 5.88 Å². The summed E-state index contributed by atoms with van der Waals surface area (Å²) in [5.74, 6) is 1.59. The SMILES string of the molecule is COc1ncc(CN2C3CC2CN(c2ccc(-c4cc(OCC56CC(C5)[C@@H](O)C6)cn5ncc(C#N)c45)cn2)C3)cc1F. The van der Waals surface area contributed by atoms with Crippen molar-refractivity contribution in [3.05, 3.63) is 66.0 Å². The van der Waals surface area contributed by atoms with Crippen LogP contribution in [0.3, 0.4) is 0 Å². The van der Waals surface area contributed by atoms with E-state index in [9.17, 15) is 14.8 Å². The summed E-state index contributed by atoms with van der Waals surface area (Å²) in [5, 5.41) is 24.3. The number of rotatable bonds is 8. The van der Waals surface area contributed by atoms with Crippen LogP contribution in [0.15, 0.2) is 49.1 Å². The lowest BCUT2D eigenvalue weighted by Crippen LogP contribution is -2.68. The Morgan fingerprint density at radius 1 is 1.12 bits per heavy atom. The highest BCUT2D eigenvalue weighted by Crippen LogP contribution is 2.58. The highest BCUT2D eigenvalue weighted by atomic mass is 19.1. The molecule has 3 aliphatic heterocycles. The molecule has 11 heteroatoms. The zero-order valence-electron chi connectivity index (χ0n) is 23.9. The van der Waals surface area contributed by atoms with Crippen LogP contribution in [-0.4, -0.2) is 74.6 Å². The third-order valence-electron chi connectivity index (χ3n) is 9.98. The first-order chi connectivity index (χ1) is 20.9. The zero-order chi connectivity index (χ0) is 29.3. The van der Waals surface area contributed by atoms with Crippen molar-refractivity contribution >= 4 is 11.3 Å². The van der Waals surface area contributed by atoms with Crippen LogP contribution in [-0.2, 0) is 6.54 Å². The summed E-state index contributed by atoms with van der Waals surface area (Å²) in [7, 11) is 1.42. The molecule has 3 aliphatic carbocycles. The van der Waals surface area contributed by atoms with Crippen molar-refractivity contribution < 1.29 is 19.0 Å². The number of piperidine rings is 1. The molecule has 3 atom stereocenters. The fraction of sp³-hybridized carbons (Fsp3) is 0.438. The Morgan fingerprint density at radius 3 is 2.63 bits per heavy atom. The van der Waals surface area contributed by atoms with Crippen LogP contribution in [0.5, 0.6) is 11.6 Å². The minimum Gasteiger partial charge on any atom is -0.491 e. The Hall–Kier alpha value is -4.27. The summed E-state index contributed by atoms with van der Waals surface area (Å²) < 4.78 is 27.1. The van der Waals surface area contributed by atoms with Gasteiger partial charge in [0.1, 0.15) is 17.6 Å². The highest BCUT2D eigenvalue weighted by molar-refractivity contribution is 5.85. The standard InChI is InChI=1S/C32H32FN7O3/c1-42-31-27(33)4-19(11-36-31)14-39-23-5-24(39)16-38(15-23)29-3-2-20(12-35-29)26-6-25(17-40-30(26)22(10-34)13-37-40)43-18-32-7-21(8-32)28(41)9-32/h2-4,6,11-13,17,21,23-24,28,41H,5,7-9,14-16,18H2,1H3/t21?,23?,24?,28-,32?/m0/s1. The largest absolute Gasteiger partial charge is 0.491 e. The number of nitriles is 1. The molecule has 43 heavy (non-hydrogen) atoms. The first-order valence-corrected chi connectivity index (χ1v) is 14.8. The summed E-state index contributed by atoms with van der Waals surface area (Å²) in [6, 6.07) is 10.6. The van der Waals surface area contributed by atoms with E-state index in [1.807, 2.05) is 30.6 Å². The number of pyridine rings is 3. The van der Waals surface area contributed by atoms with E-state index < -0.39 is 5.82 Å². The molecule has 6 aliphatic rings. The molecule has 0 spiro atoms. The number of aliphatic hydroxyl groups is 1. The van der Waals surface area contributed by atoms with Gasteiger partial charge in [-0.2, -0.15) is 10.4 Å². The number of methoxy groups -OCH3 is 1. The van der Waals surface area contributed by atoms with Crippen molar-refractivity contribution in [2.45, 2.75) is 50.4 Å². The molecule has 220 valence electrons. The van der Waals surface area contributed by atoms with Crippen LogP contribution in [0.4, 0.5) is 10.2 Å². The number of aromatic nitrogens is 4. The molecular weight excluding hydrogens is 549 g/mol. The van der Waals surface area contributed by atoms with E-state index in [-0.39, 0.29) is 17.4 Å². The molecule has 10 nitrogen and oxygen atoms in total. The van der Waals surface area contributed by atoms with Gasteiger partial charge in [-0.05, 0) is 61.4 Å². The van der Waals surface area contributed by atoms with Crippen molar-refractivity contribution in [3.63, 3.8) is 0 Å². The second-order valence-corrected chi connectivity index (χ2v) is 12.6. The maximum absolute atomic E-state index is 14.2. The van der Waals surface area contributed by atoms with Crippen LogP contribution in [0.25, 0.3) is 16.6 Å². The lowest BCUT2D eigenvalue weighted by atomic mass is 9.70. The van der Waals surface area contributed by atoms with Crippen molar-refractivity contribution in [1.29, 1.82) is 5.26 Å². The first-order valence-electron chi connectivity index (χ1n) is 14.8. The topological polar surface area (TPSA) is 112 Å². The minimum absolute atomic E-state index is 0.0197. The minimum atomic E-state index is -0.436. The number of hydrogen-bond acceptors (Lipinski definition) is 9. The molecule has 2 unspecified atom stereocenters. The van der Waals surface area contributed by atoms with Gasteiger partial charge in [-0.25, -0.2) is 18.9 Å². The quantitative estimate of drug-likeness (QED) is 0.332. The lowest BCUT2D eigenvalue weighted by molar-refractivity contribution is -0.00884. The average Bonchev–Trinajstić information content (AvgIpc) is 3.68. The number of anilines is 1. The van der Waals surface area contributed by atoms with Gasteiger partial charge < -0.3 is 19.5 Å². The maximum Gasteiger partial charge on any atom is 0.250 e. The molecule has 7 heterocycles. The molecule has 0 aromatic carbocycles. The van der Waals surface area contributed by atoms with Gasteiger partial charge in [0.25, 0.3) is 0 Å². The predicted octanol–water partition coefficient (Wildman–Crippen LogP) is 3.81. The van der Waals surface area contributed by atoms with Crippen molar-refractivity contribution in [1.82, 2.24) is 24.5 Å². The van der Waals surface area contributed by atoms with Crippen LogP contribution in [0.2, 0.25) is 0 Å². The summed E-state index contributed by atoms with van der Waals surface area (Å²) in [6.07, 6.45) is 10.7. The number of piperazine rings is 1. The Morgan fingerprint density at radius 2 is 1.95 bits per heavy atom. The first kappa shape index (κ1) is 26.4. The molecule has 3 saturated carbocycles. The van der Waals surface area contributed by atoms with Crippen LogP contribution in [0, 0.1) is 28.5 Å². The number of fused-ring (bicyclic) bond motifs is 4. The molecule has 3 saturated heterocycles. The van der Waals surface area contributed by atoms with Crippen LogP contribution in [0.1, 0.15) is 36.8 Å². The highest BCUT2D eigenvalue weighted by Gasteiger charge is 2.56. The van der Waals surface area contributed by atoms with Crippen molar-refractivity contribution in [2.24, 2.45) is 11.3 Å². The number of hydrogen-bond donors (Lipinski definition) is 1. The second kappa shape index (κ2) is 9.89. The van der Waals surface area contributed by atoms with Gasteiger partial charge in [0.15, 0.2) is 5.82 Å². The molecular formula is C32H32FN7O3. The third kappa shape index (κ3) is 4.39. The van der Waals surface area contributed by atoms with E-state index in [2.05, 4.69) is 26.0 Å². The normalized spacial score (nSPS) is 27.4. The Kier molecular flexibility index (Phi) is 6.07. The number of ether oxygens (including phenoxy) is 2. The van der Waals surface area contributed by atoms with Gasteiger partial charge in [-0.1, -0.05) is 0 Å². The monoisotopic (exact) mass is 581 g/mol. The summed E-state index contributed by atoms with van der Waals surface area (Å²) in [6.45, 7) is 2.92. The van der Waals surface area contributed by atoms with Gasteiger partial charge >= 0.3 is 0 Å². The number of halogens is 1. The summed E-state index contributed by atoms with van der Waals surface area (Å²) >= 11 is 0. The number of nitrogens with zero attached hydrogens (tertiary/aromatic N) is 7. The molecule has 4 bridgehead atoms. The van der Waals surface area contributed by atoms with E-state index >= 15 is 0 Å². The van der Waals surface area contributed by atoms with Gasteiger partial charge in [-0.15, -0.1) is 0 Å². The van der Waals surface area contributed by atoms with E-state index in [0.717, 1.165) is 66.8 Å². The molecule has 0 radical (unpaired) electrons. The molecule has 10 rings (SSSR count). The Labute approximate surface area is 248 Å². The Bertz CT molecular complexity index is 1730. The number of aliphatic hydroxyl groups excluding tert-OH is 1. The Balaban J connectivity index is 0.988. The van der Waals surface area contributed by atoms with Crippen LogP contribution >= 0.6 is 0 Å². The predicted molar refractivity (Wildman–Crippen MR) is 155 cm³/mol. The van der Waals surface area contributed by atoms with E-state index in [1.165, 1.54) is 13.2 Å². The molecule has 6 fully saturated rings. The fourth-order valence-electron chi connectivity index (χ4n) is 7.77. The maximum atomic E-state index is 14.2.